The molecule has 3 aromatic rings. The quantitative estimate of drug-likeness (QED) is 0.338. The maximum atomic E-state index is 13.2. The van der Waals surface area contributed by atoms with Gasteiger partial charge in [-0.2, -0.15) is 23.1 Å². The molecule has 0 radical (unpaired) electrons. The third-order valence-corrected chi connectivity index (χ3v) is 9.45. The van der Waals surface area contributed by atoms with Gasteiger partial charge in [-0.3, -0.25) is 4.39 Å². The molecule has 41 heavy (non-hydrogen) atoms. The minimum atomic E-state index is -3.55. The van der Waals surface area contributed by atoms with Crippen LogP contribution in [0.3, 0.4) is 0 Å². The second kappa shape index (κ2) is 10.6. The van der Waals surface area contributed by atoms with Gasteiger partial charge < -0.3 is 16.5 Å². The maximum Gasteiger partial charge on any atom is 0.333 e. The topological polar surface area (TPSA) is 149 Å². The minimum absolute atomic E-state index is 0.00321. The molecular weight excluding hydrogens is 561 g/mol. The van der Waals surface area contributed by atoms with Crippen LogP contribution in [0.5, 0.6) is 0 Å². The van der Waals surface area contributed by atoms with Crippen molar-refractivity contribution >= 4 is 15.6 Å². The second-order valence-corrected chi connectivity index (χ2v) is 12.5. The smallest absolute Gasteiger partial charge is 0.333 e. The van der Waals surface area contributed by atoms with E-state index in [1.807, 2.05) is 5.01 Å². The first-order valence-corrected chi connectivity index (χ1v) is 14.7. The number of alkyl halides is 3. The first kappa shape index (κ1) is 27.4. The fraction of sp³-hybridized carbons (Fsp3) is 0.440. The van der Waals surface area contributed by atoms with Crippen LogP contribution in [-0.2, 0) is 15.7 Å². The van der Waals surface area contributed by atoms with Crippen LogP contribution in [0, 0.1) is 5.92 Å². The Morgan fingerprint density at radius 2 is 1.98 bits per heavy atom. The molecule has 4 N–H and O–H groups in total. The van der Waals surface area contributed by atoms with E-state index in [0.717, 1.165) is 4.09 Å². The summed E-state index contributed by atoms with van der Waals surface area (Å²) < 4.78 is 66.3. The Morgan fingerprint density at radius 1 is 1.20 bits per heavy atom. The van der Waals surface area contributed by atoms with Gasteiger partial charge in [0, 0.05) is 37.3 Å². The third-order valence-electron chi connectivity index (χ3n) is 7.42. The monoisotopic (exact) mass is 590 g/mol. The summed E-state index contributed by atoms with van der Waals surface area (Å²) in [5.74, 6) is 0.233. The highest BCUT2D eigenvalue weighted by molar-refractivity contribution is 7.90. The lowest BCUT2D eigenvalue weighted by Gasteiger charge is -2.36. The second-order valence-electron chi connectivity index (χ2n) is 10.4. The number of dihydropyridines is 1. The van der Waals surface area contributed by atoms with Gasteiger partial charge in [0.25, 0.3) is 10.0 Å². The zero-order chi connectivity index (χ0) is 28.8. The van der Waals surface area contributed by atoms with Gasteiger partial charge in [-0.05, 0) is 49.8 Å². The van der Waals surface area contributed by atoms with Crippen molar-refractivity contribution in [1.82, 2.24) is 44.7 Å². The SMILES string of the molecule is NC1(c2ccnc(-c3cnn(S(=O)(=O)C4CC4)c3)n2)C=C(NN2CCC(CF)CC2)C(c2ccn(C(F)F)n2)=CN1. The van der Waals surface area contributed by atoms with Gasteiger partial charge in [-0.15, -0.1) is 0 Å². The van der Waals surface area contributed by atoms with Gasteiger partial charge in [-0.25, -0.2) is 28.1 Å². The number of piperidine rings is 1. The zero-order valence-electron chi connectivity index (χ0n) is 21.9. The predicted molar refractivity (Wildman–Crippen MR) is 143 cm³/mol. The molecule has 16 heteroatoms. The summed E-state index contributed by atoms with van der Waals surface area (Å²) in [6.07, 6.45) is 11.3. The molecule has 1 atom stereocenters. The predicted octanol–water partition coefficient (Wildman–Crippen LogP) is 2.10. The average Bonchev–Trinajstić information content (AvgIpc) is 3.51. The average molecular weight is 591 g/mol. The van der Waals surface area contributed by atoms with E-state index in [0.29, 0.717) is 71.7 Å². The number of rotatable bonds is 9. The molecule has 2 aliphatic heterocycles. The summed E-state index contributed by atoms with van der Waals surface area (Å²) in [6.45, 7) is -2.00. The van der Waals surface area contributed by atoms with E-state index < -0.39 is 27.5 Å². The number of hydrazine groups is 1. The van der Waals surface area contributed by atoms with Crippen LogP contribution >= 0.6 is 0 Å². The van der Waals surface area contributed by atoms with Crippen molar-refractivity contribution in [3.63, 3.8) is 0 Å². The molecule has 0 bridgehead atoms. The molecule has 0 spiro atoms. The number of allylic oxidation sites excluding steroid dienone is 1. The summed E-state index contributed by atoms with van der Waals surface area (Å²) in [5.41, 5.74) is 10.8. The van der Waals surface area contributed by atoms with Gasteiger partial charge in [0.05, 0.1) is 47.0 Å². The van der Waals surface area contributed by atoms with Crippen molar-refractivity contribution in [3.8, 4) is 11.4 Å². The van der Waals surface area contributed by atoms with Crippen molar-refractivity contribution in [2.45, 2.75) is 43.1 Å². The van der Waals surface area contributed by atoms with Crippen LogP contribution in [0.2, 0.25) is 0 Å². The van der Waals surface area contributed by atoms with Crippen LogP contribution in [-0.4, -0.2) is 67.4 Å². The lowest BCUT2D eigenvalue weighted by Crippen LogP contribution is -2.51. The van der Waals surface area contributed by atoms with E-state index in [1.54, 1.807) is 18.3 Å². The standard InChI is InChI=1S/C25H29F3N10O2S/c26-12-16-4-8-36(9-5-16)34-21-11-25(29,31-14-19(21)20-6-10-37(35-20)24(27)28)22-3-7-30-23(33-22)17-13-32-38(15-17)41(39,40)18-1-2-18/h3,6-7,10-11,13-16,18,24,31,34H,1-2,4-5,8-9,12,29H2. The first-order chi connectivity index (χ1) is 19.7. The van der Waals surface area contributed by atoms with E-state index >= 15 is 0 Å². The molecule has 6 rings (SSSR count). The minimum Gasteiger partial charge on any atom is -0.364 e. The summed E-state index contributed by atoms with van der Waals surface area (Å²) >= 11 is 0. The Kier molecular flexibility index (Phi) is 7.07. The molecule has 2 fully saturated rings. The van der Waals surface area contributed by atoms with Crippen LogP contribution in [0.1, 0.15) is 43.6 Å². The summed E-state index contributed by atoms with van der Waals surface area (Å²) in [5, 5.41) is 12.6. The van der Waals surface area contributed by atoms with Crippen LogP contribution < -0.4 is 16.5 Å². The molecule has 218 valence electrons. The summed E-state index contributed by atoms with van der Waals surface area (Å²) in [4.78, 5) is 8.88. The van der Waals surface area contributed by atoms with Crippen molar-refractivity contribution in [2.75, 3.05) is 19.8 Å². The first-order valence-electron chi connectivity index (χ1n) is 13.2. The van der Waals surface area contributed by atoms with Crippen molar-refractivity contribution < 1.29 is 21.6 Å². The molecule has 12 nitrogen and oxygen atoms in total. The molecule has 1 saturated carbocycles. The van der Waals surface area contributed by atoms with E-state index in [4.69, 9.17) is 5.73 Å². The molecule has 1 aliphatic carbocycles. The molecule has 1 unspecified atom stereocenters. The number of hydrogen-bond donors (Lipinski definition) is 3. The lowest BCUT2D eigenvalue weighted by atomic mass is 9.97. The maximum absolute atomic E-state index is 13.2. The molecule has 0 aromatic carbocycles. The number of aromatic nitrogens is 6. The fourth-order valence-corrected chi connectivity index (χ4v) is 6.31. The Hall–Kier alpha value is -3.76. The summed E-state index contributed by atoms with van der Waals surface area (Å²) in [7, 11) is -3.55. The van der Waals surface area contributed by atoms with Gasteiger partial charge in [0.1, 0.15) is 0 Å². The Bertz CT molecular complexity index is 1590. The van der Waals surface area contributed by atoms with E-state index in [-0.39, 0.29) is 18.4 Å². The Labute approximate surface area is 234 Å². The Balaban J connectivity index is 1.31. The summed E-state index contributed by atoms with van der Waals surface area (Å²) in [6, 6.07) is 3.09. The van der Waals surface area contributed by atoms with Crippen molar-refractivity contribution in [2.24, 2.45) is 11.7 Å². The van der Waals surface area contributed by atoms with E-state index in [9.17, 15) is 21.6 Å². The number of nitrogens with two attached hydrogens (primary N) is 1. The van der Waals surface area contributed by atoms with Gasteiger partial charge in [-0.1, -0.05) is 0 Å². The van der Waals surface area contributed by atoms with E-state index in [1.165, 1.54) is 30.9 Å². The van der Waals surface area contributed by atoms with Crippen molar-refractivity contribution in [1.29, 1.82) is 0 Å². The van der Waals surface area contributed by atoms with Crippen LogP contribution in [0.15, 0.2) is 54.9 Å². The van der Waals surface area contributed by atoms with Crippen molar-refractivity contribution in [3.05, 3.63) is 66.3 Å². The molecule has 3 aliphatic rings. The van der Waals surface area contributed by atoms with Gasteiger partial charge in [0.15, 0.2) is 11.5 Å². The number of nitrogens with one attached hydrogen (secondary N) is 2. The molecule has 5 heterocycles. The highest BCUT2D eigenvalue weighted by Crippen LogP contribution is 2.32. The molecular formula is C25H29F3N10O2S. The third kappa shape index (κ3) is 5.46. The number of hydrogen-bond acceptors (Lipinski definition) is 10. The van der Waals surface area contributed by atoms with Crippen LogP contribution in [0.25, 0.3) is 17.0 Å². The largest absolute Gasteiger partial charge is 0.364 e. The molecule has 0 amide bonds. The van der Waals surface area contributed by atoms with Gasteiger partial charge >= 0.3 is 6.55 Å². The van der Waals surface area contributed by atoms with E-state index in [2.05, 4.69) is 30.9 Å². The Morgan fingerprint density at radius 3 is 2.66 bits per heavy atom. The zero-order valence-corrected chi connectivity index (χ0v) is 22.7. The normalized spacial score (nSPS) is 22.4. The number of nitrogens with zero attached hydrogens (tertiary/aromatic N) is 7. The fourth-order valence-electron chi connectivity index (χ4n) is 4.83. The molecule has 3 aromatic heterocycles. The van der Waals surface area contributed by atoms with Crippen LogP contribution in [0.4, 0.5) is 13.2 Å². The highest BCUT2D eigenvalue weighted by Gasteiger charge is 2.38. The highest BCUT2D eigenvalue weighted by atomic mass is 32.2. The lowest BCUT2D eigenvalue weighted by molar-refractivity contribution is 0.0564. The number of halogens is 3. The van der Waals surface area contributed by atoms with Gasteiger partial charge in [0.2, 0.25) is 0 Å². The molecule has 1 saturated heterocycles.